The first kappa shape index (κ1) is 21.8. The molecule has 0 rings (SSSR count). The van der Waals surface area contributed by atoms with Gasteiger partial charge >= 0.3 is 11.9 Å². The molecule has 7 heteroatoms. The highest BCUT2D eigenvalue weighted by molar-refractivity contribution is 5.79. The molecule has 0 amide bonds. The maximum absolute atomic E-state index is 12.0. The van der Waals surface area contributed by atoms with E-state index in [1.807, 2.05) is 13.8 Å². The van der Waals surface area contributed by atoms with Crippen LogP contribution in [0.4, 0.5) is 0 Å². The van der Waals surface area contributed by atoms with Crippen LogP contribution in [-0.4, -0.2) is 58.0 Å². The van der Waals surface area contributed by atoms with Crippen molar-refractivity contribution in [3.8, 4) is 0 Å². The molecule has 0 fully saturated rings. The summed E-state index contributed by atoms with van der Waals surface area (Å²) in [6, 6.07) is -1.16. The molecule has 0 aromatic rings. The van der Waals surface area contributed by atoms with E-state index in [0.717, 1.165) is 0 Å². The molecule has 136 valence electrons. The first-order valence-electron chi connectivity index (χ1n) is 7.93. The van der Waals surface area contributed by atoms with Crippen LogP contribution in [0.3, 0.4) is 0 Å². The predicted molar refractivity (Wildman–Crippen MR) is 88.2 cm³/mol. The fourth-order valence-corrected chi connectivity index (χ4v) is 2.23. The molecule has 0 aliphatic carbocycles. The Labute approximate surface area is 138 Å². The number of nitrogens with one attached hydrogen (secondary N) is 2. The monoisotopic (exact) mass is 332 g/mol. The fourth-order valence-electron chi connectivity index (χ4n) is 2.23. The van der Waals surface area contributed by atoms with Crippen LogP contribution in [0.25, 0.3) is 0 Å². The number of hydrogen-bond acceptors (Lipinski definition) is 6. The van der Waals surface area contributed by atoms with E-state index in [1.54, 1.807) is 20.8 Å². The van der Waals surface area contributed by atoms with Crippen LogP contribution in [0.5, 0.6) is 0 Å². The fraction of sp³-hybridized carbons (Fsp3) is 0.875. The van der Waals surface area contributed by atoms with Crippen LogP contribution in [-0.2, 0) is 14.3 Å². The Kier molecular flexibility index (Phi) is 8.17. The number of esters is 1. The summed E-state index contributed by atoms with van der Waals surface area (Å²) in [5, 5.41) is 25.0. The Hall–Kier alpha value is -1.18. The van der Waals surface area contributed by atoms with Crippen molar-refractivity contribution in [1.82, 2.24) is 10.6 Å². The van der Waals surface area contributed by atoms with Gasteiger partial charge in [0.2, 0.25) is 0 Å². The molecule has 2 atom stereocenters. The van der Waals surface area contributed by atoms with Crippen molar-refractivity contribution in [2.75, 3.05) is 6.61 Å². The summed E-state index contributed by atoms with van der Waals surface area (Å²) in [5.74, 6) is -1.47. The lowest BCUT2D eigenvalue weighted by Gasteiger charge is -2.30. The summed E-state index contributed by atoms with van der Waals surface area (Å²) >= 11 is 0. The van der Waals surface area contributed by atoms with Crippen LogP contribution in [0.2, 0.25) is 0 Å². The number of aliphatic hydroxyl groups is 1. The zero-order chi connectivity index (χ0) is 18.4. The van der Waals surface area contributed by atoms with E-state index in [0.29, 0.717) is 6.42 Å². The van der Waals surface area contributed by atoms with Crippen LogP contribution >= 0.6 is 0 Å². The van der Waals surface area contributed by atoms with E-state index in [2.05, 4.69) is 10.6 Å². The zero-order valence-electron chi connectivity index (χ0n) is 15.3. The van der Waals surface area contributed by atoms with Crippen molar-refractivity contribution in [3.05, 3.63) is 0 Å². The molecule has 0 heterocycles. The van der Waals surface area contributed by atoms with E-state index in [1.165, 1.54) is 13.8 Å². The predicted octanol–water partition coefficient (Wildman–Crippen LogP) is 0.899. The molecular formula is C16H32N2O5. The number of carbonyl (C=O) groups is 2. The minimum Gasteiger partial charge on any atom is -0.480 e. The second-order valence-corrected chi connectivity index (χ2v) is 7.34. The van der Waals surface area contributed by atoms with Gasteiger partial charge in [0.1, 0.15) is 11.6 Å². The lowest BCUT2D eigenvalue weighted by atomic mass is 9.98. The zero-order valence-corrected chi connectivity index (χ0v) is 15.3. The van der Waals surface area contributed by atoms with Gasteiger partial charge in [-0.1, -0.05) is 0 Å². The molecule has 4 N–H and O–H groups in total. The number of hydrogen-bond donors (Lipinski definition) is 4. The molecule has 0 aliphatic heterocycles. The van der Waals surface area contributed by atoms with E-state index in [4.69, 9.17) is 9.84 Å². The summed E-state index contributed by atoms with van der Waals surface area (Å²) in [4.78, 5) is 23.2. The van der Waals surface area contributed by atoms with Gasteiger partial charge in [-0.3, -0.25) is 14.9 Å². The summed E-state index contributed by atoms with van der Waals surface area (Å²) in [5.41, 5.74) is -2.17. The molecule has 0 aromatic carbocycles. The third kappa shape index (κ3) is 8.29. The molecule has 7 nitrogen and oxygen atoms in total. The van der Waals surface area contributed by atoms with Gasteiger partial charge in [0.05, 0.1) is 12.2 Å². The molecular weight excluding hydrogens is 300 g/mol. The molecule has 0 bridgehead atoms. The molecule has 2 unspecified atom stereocenters. The number of carbonyl (C=O) groups excluding carboxylic acids is 1. The van der Waals surface area contributed by atoms with E-state index in [-0.39, 0.29) is 24.7 Å². The van der Waals surface area contributed by atoms with E-state index >= 15 is 0 Å². The number of rotatable bonds is 10. The third-order valence-corrected chi connectivity index (χ3v) is 3.35. The van der Waals surface area contributed by atoms with Gasteiger partial charge in [-0.05, 0) is 54.9 Å². The highest BCUT2D eigenvalue weighted by Gasteiger charge is 2.34. The maximum Gasteiger partial charge on any atom is 0.325 e. The Morgan fingerprint density at radius 3 is 2.04 bits per heavy atom. The van der Waals surface area contributed by atoms with Crippen LogP contribution in [0.15, 0.2) is 0 Å². The van der Waals surface area contributed by atoms with E-state index in [9.17, 15) is 14.7 Å². The summed E-state index contributed by atoms with van der Waals surface area (Å²) in [6.07, 6.45) is 0.448. The second kappa shape index (κ2) is 8.61. The van der Waals surface area contributed by atoms with Gasteiger partial charge < -0.3 is 20.3 Å². The quantitative estimate of drug-likeness (QED) is 0.440. The first-order chi connectivity index (χ1) is 10.3. The normalized spacial score (nSPS) is 15.3. The number of carboxylic acids is 1. The minimum atomic E-state index is -1.39. The van der Waals surface area contributed by atoms with Crippen molar-refractivity contribution >= 4 is 11.9 Å². The number of ether oxygens (including phenoxy) is 1. The van der Waals surface area contributed by atoms with E-state index < -0.39 is 23.2 Å². The maximum atomic E-state index is 12.0. The minimum absolute atomic E-state index is 0.154. The van der Waals surface area contributed by atoms with Gasteiger partial charge in [-0.25, -0.2) is 0 Å². The molecule has 23 heavy (non-hydrogen) atoms. The van der Waals surface area contributed by atoms with Crippen LogP contribution in [0.1, 0.15) is 54.9 Å². The van der Waals surface area contributed by atoms with Gasteiger partial charge in [-0.2, -0.15) is 0 Å². The highest BCUT2D eigenvalue weighted by atomic mass is 16.5. The van der Waals surface area contributed by atoms with Crippen LogP contribution < -0.4 is 10.6 Å². The largest absolute Gasteiger partial charge is 0.480 e. The van der Waals surface area contributed by atoms with Gasteiger partial charge in [0.15, 0.2) is 0 Å². The standard InChI is InChI=1S/C16H32N2O5/c1-10(2)18-15(4,5)14(21)23-9-8-11(3)17-12(13(19)20)16(6,7)22/h10-12,17-18,22H,8-9H2,1-7H3,(H,19,20). The Balaban J connectivity index is 4.37. The van der Waals surface area contributed by atoms with Crippen molar-refractivity contribution in [2.24, 2.45) is 0 Å². The number of carboxylic acid groups (broad SMARTS) is 1. The third-order valence-electron chi connectivity index (χ3n) is 3.35. The summed E-state index contributed by atoms with van der Waals surface area (Å²) in [7, 11) is 0. The second-order valence-electron chi connectivity index (χ2n) is 7.34. The molecule has 0 aromatic heterocycles. The first-order valence-corrected chi connectivity index (χ1v) is 7.93. The lowest BCUT2D eigenvalue weighted by Crippen LogP contribution is -2.55. The van der Waals surface area contributed by atoms with Gasteiger partial charge in [0.25, 0.3) is 0 Å². The van der Waals surface area contributed by atoms with Crippen molar-refractivity contribution in [2.45, 2.75) is 84.2 Å². The van der Waals surface area contributed by atoms with Gasteiger partial charge in [-0.15, -0.1) is 0 Å². The lowest BCUT2D eigenvalue weighted by molar-refractivity contribution is -0.151. The Bertz CT molecular complexity index is 402. The average molecular weight is 332 g/mol. The van der Waals surface area contributed by atoms with Crippen LogP contribution in [0, 0.1) is 0 Å². The topological polar surface area (TPSA) is 108 Å². The molecule has 0 spiro atoms. The highest BCUT2D eigenvalue weighted by Crippen LogP contribution is 2.11. The smallest absolute Gasteiger partial charge is 0.325 e. The average Bonchev–Trinajstić information content (AvgIpc) is 2.32. The summed E-state index contributed by atoms with van der Waals surface area (Å²) in [6.45, 7) is 12.2. The Morgan fingerprint density at radius 2 is 1.65 bits per heavy atom. The SMILES string of the molecule is CC(C)NC(C)(C)C(=O)OCCC(C)NC(C(=O)O)C(C)(C)O. The number of aliphatic carboxylic acids is 1. The molecule has 0 saturated heterocycles. The molecule has 0 saturated carbocycles. The van der Waals surface area contributed by atoms with Crippen molar-refractivity contribution < 1.29 is 24.5 Å². The molecule has 0 radical (unpaired) electrons. The molecule has 0 aliphatic rings. The van der Waals surface area contributed by atoms with Gasteiger partial charge in [0, 0.05) is 12.1 Å². The summed E-state index contributed by atoms with van der Waals surface area (Å²) < 4.78 is 5.25. The van der Waals surface area contributed by atoms with Crippen molar-refractivity contribution in [3.63, 3.8) is 0 Å². The van der Waals surface area contributed by atoms with Crippen molar-refractivity contribution in [1.29, 1.82) is 0 Å². The Morgan fingerprint density at radius 1 is 1.13 bits per heavy atom.